The second-order valence-electron chi connectivity index (χ2n) is 4.16. The van der Waals surface area contributed by atoms with Crippen LogP contribution in [0.1, 0.15) is 18.3 Å². The zero-order valence-corrected chi connectivity index (χ0v) is 12.4. The molecule has 0 aliphatic carbocycles. The largest absolute Gasteiger partial charge is 0.506 e. The molecule has 3 N–H and O–H groups in total. The van der Waals surface area contributed by atoms with Crippen LogP contribution in [-0.2, 0) is 20.1 Å². The number of para-hydroxylation sites is 1. The van der Waals surface area contributed by atoms with Crippen LogP contribution >= 0.6 is 15.9 Å². The minimum atomic E-state index is 0.0239. The molecule has 5 nitrogen and oxygen atoms in total. The van der Waals surface area contributed by atoms with Crippen LogP contribution in [0.4, 0.5) is 5.69 Å². The monoisotopic (exact) mass is 325 g/mol. The van der Waals surface area contributed by atoms with E-state index in [4.69, 9.17) is 10.5 Å². The third-order valence-corrected chi connectivity index (χ3v) is 3.83. The number of phenols is 1. The van der Waals surface area contributed by atoms with Crippen molar-refractivity contribution in [2.75, 3.05) is 5.73 Å². The Morgan fingerprint density at radius 1 is 1.47 bits per heavy atom. The number of phenolic OH excluding ortho intramolecular Hbond substituents is 1. The molecule has 2 aromatic rings. The van der Waals surface area contributed by atoms with Crippen LogP contribution in [0.25, 0.3) is 0 Å². The van der Waals surface area contributed by atoms with Gasteiger partial charge in [0.15, 0.2) is 0 Å². The van der Waals surface area contributed by atoms with Gasteiger partial charge in [-0.25, -0.2) is 0 Å². The summed E-state index contributed by atoms with van der Waals surface area (Å²) >= 11 is 3.52. The molecule has 1 heterocycles. The Kier molecular flexibility index (Phi) is 3.99. The van der Waals surface area contributed by atoms with E-state index in [1.54, 1.807) is 16.8 Å². The van der Waals surface area contributed by atoms with E-state index in [1.165, 1.54) is 6.07 Å². The molecule has 0 saturated carbocycles. The van der Waals surface area contributed by atoms with Crippen molar-refractivity contribution in [2.24, 2.45) is 7.05 Å². The molecule has 0 saturated heterocycles. The maximum absolute atomic E-state index is 9.52. The number of hydrogen-bond acceptors (Lipinski definition) is 4. The standard InChI is InChI=1S/C13H16BrN3O2/c1-3-8-12(14)9(17(2)16-8)7-19-11-6-4-5-10(18)13(11)15/h4-6,18H,3,7,15H2,1-2H3. The summed E-state index contributed by atoms with van der Waals surface area (Å²) in [5, 5.41) is 13.9. The topological polar surface area (TPSA) is 73.3 Å². The van der Waals surface area contributed by atoms with Gasteiger partial charge >= 0.3 is 0 Å². The highest BCUT2D eigenvalue weighted by Crippen LogP contribution is 2.31. The van der Waals surface area contributed by atoms with Gasteiger partial charge in [0.2, 0.25) is 0 Å². The van der Waals surface area contributed by atoms with Gasteiger partial charge in [-0.15, -0.1) is 0 Å². The maximum Gasteiger partial charge on any atom is 0.146 e. The van der Waals surface area contributed by atoms with Crippen molar-refractivity contribution >= 4 is 21.6 Å². The number of aromatic hydroxyl groups is 1. The Morgan fingerprint density at radius 3 is 2.84 bits per heavy atom. The number of ether oxygens (including phenoxy) is 1. The highest BCUT2D eigenvalue weighted by atomic mass is 79.9. The average Bonchev–Trinajstić information content (AvgIpc) is 2.66. The van der Waals surface area contributed by atoms with Gasteiger partial charge in [0.05, 0.1) is 15.9 Å². The summed E-state index contributed by atoms with van der Waals surface area (Å²) in [5.41, 5.74) is 7.91. The third-order valence-electron chi connectivity index (χ3n) is 2.91. The number of nitrogen functional groups attached to an aromatic ring is 1. The molecule has 102 valence electrons. The van der Waals surface area contributed by atoms with E-state index in [0.717, 1.165) is 22.3 Å². The number of aromatic nitrogens is 2. The van der Waals surface area contributed by atoms with E-state index in [2.05, 4.69) is 21.0 Å². The molecule has 0 amide bonds. The molecule has 0 aliphatic rings. The summed E-state index contributed by atoms with van der Waals surface area (Å²) in [5.74, 6) is 0.488. The zero-order chi connectivity index (χ0) is 14.0. The second kappa shape index (κ2) is 5.52. The van der Waals surface area contributed by atoms with Gasteiger partial charge in [0, 0.05) is 7.05 Å². The van der Waals surface area contributed by atoms with Gasteiger partial charge in [-0.05, 0) is 34.5 Å². The van der Waals surface area contributed by atoms with Crippen molar-refractivity contribution in [3.63, 3.8) is 0 Å². The van der Waals surface area contributed by atoms with Crippen LogP contribution in [0.3, 0.4) is 0 Å². The fraction of sp³-hybridized carbons (Fsp3) is 0.308. The van der Waals surface area contributed by atoms with Crippen LogP contribution in [-0.4, -0.2) is 14.9 Å². The van der Waals surface area contributed by atoms with Crippen LogP contribution in [0, 0.1) is 0 Å². The van der Waals surface area contributed by atoms with E-state index in [-0.39, 0.29) is 11.4 Å². The molecule has 0 unspecified atom stereocenters. The van der Waals surface area contributed by atoms with Crippen molar-refractivity contribution in [3.8, 4) is 11.5 Å². The number of rotatable bonds is 4. The minimum absolute atomic E-state index is 0.0239. The molecule has 0 fully saturated rings. The fourth-order valence-corrected chi connectivity index (χ4v) is 2.51. The highest BCUT2D eigenvalue weighted by Gasteiger charge is 2.14. The quantitative estimate of drug-likeness (QED) is 0.669. The van der Waals surface area contributed by atoms with Gasteiger partial charge in [0.1, 0.15) is 23.8 Å². The summed E-state index contributed by atoms with van der Waals surface area (Å²) in [4.78, 5) is 0. The van der Waals surface area contributed by atoms with Crippen LogP contribution < -0.4 is 10.5 Å². The number of halogens is 1. The number of benzene rings is 1. The summed E-state index contributed by atoms with van der Waals surface area (Å²) in [6.07, 6.45) is 0.850. The second-order valence-corrected chi connectivity index (χ2v) is 4.96. The first-order valence-corrected chi connectivity index (χ1v) is 6.74. The van der Waals surface area contributed by atoms with Gasteiger partial charge in [0.25, 0.3) is 0 Å². The Bertz CT molecular complexity index is 596. The van der Waals surface area contributed by atoms with Gasteiger partial charge in [-0.3, -0.25) is 4.68 Å². The molecule has 0 spiro atoms. The highest BCUT2D eigenvalue weighted by molar-refractivity contribution is 9.10. The summed E-state index contributed by atoms with van der Waals surface area (Å²) in [6, 6.07) is 4.94. The lowest BCUT2D eigenvalue weighted by molar-refractivity contribution is 0.294. The first kappa shape index (κ1) is 13.7. The number of hydrogen-bond donors (Lipinski definition) is 2. The van der Waals surface area contributed by atoms with Crippen molar-refractivity contribution in [1.29, 1.82) is 0 Å². The maximum atomic E-state index is 9.52. The smallest absolute Gasteiger partial charge is 0.146 e. The first-order valence-electron chi connectivity index (χ1n) is 5.95. The lowest BCUT2D eigenvalue weighted by Crippen LogP contribution is -2.05. The molecular weight excluding hydrogens is 310 g/mol. The lowest BCUT2D eigenvalue weighted by Gasteiger charge is -2.10. The van der Waals surface area contributed by atoms with Crippen LogP contribution in [0.15, 0.2) is 22.7 Å². The Labute approximate surface area is 120 Å². The van der Waals surface area contributed by atoms with Gasteiger partial charge < -0.3 is 15.6 Å². The van der Waals surface area contributed by atoms with E-state index >= 15 is 0 Å². The summed E-state index contributed by atoms with van der Waals surface area (Å²) in [7, 11) is 1.87. The number of anilines is 1. The fourth-order valence-electron chi connectivity index (χ4n) is 1.78. The predicted molar refractivity (Wildman–Crippen MR) is 77.1 cm³/mol. The normalized spacial score (nSPS) is 10.7. The van der Waals surface area contributed by atoms with Crippen LogP contribution in [0.2, 0.25) is 0 Å². The Balaban J connectivity index is 2.19. The number of nitrogens with two attached hydrogens (primary N) is 1. The average molecular weight is 326 g/mol. The van der Waals surface area contributed by atoms with Crippen molar-refractivity contribution in [3.05, 3.63) is 34.1 Å². The minimum Gasteiger partial charge on any atom is -0.506 e. The van der Waals surface area contributed by atoms with Crippen LogP contribution in [0.5, 0.6) is 11.5 Å². The summed E-state index contributed by atoms with van der Waals surface area (Å²) < 4.78 is 8.38. The number of nitrogens with zero attached hydrogens (tertiary/aromatic N) is 2. The van der Waals surface area contributed by atoms with E-state index in [9.17, 15) is 5.11 Å². The van der Waals surface area contributed by atoms with Gasteiger partial charge in [-0.2, -0.15) is 5.10 Å². The molecular formula is C13H16BrN3O2. The molecule has 0 radical (unpaired) electrons. The summed E-state index contributed by atoms with van der Waals surface area (Å²) in [6.45, 7) is 2.38. The molecule has 1 aromatic carbocycles. The molecule has 19 heavy (non-hydrogen) atoms. The van der Waals surface area contributed by atoms with E-state index in [1.807, 2.05) is 14.0 Å². The molecule has 0 atom stereocenters. The predicted octanol–water partition coefficient (Wildman–Crippen LogP) is 2.61. The van der Waals surface area contributed by atoms with E-state index < -0.39 is 0 Å². The molecule has 6 heteroatoms. The van der Waals surface area contributed by atoms with E-state index in [0.29, 0.717) is 12.4 Å². The number of aryl methyl sites for hydroxylation is 2. The van der Waals surface area contributed by atoms with Crippen molar-refractivity contribution < 1.29 is 9.84 Å². The molecule has 1 aromatic heterocycles. The Morgan fingerprint density at radius 2 is 2.21 bits per heavy atom. The first-order chi connectivity index (χ1) is 9.04. The third kappa shape index (κ3) is 2.68. The van der Waals surface area contributed by atoms with Crippen molar-refractivity contribution in [2.45, 2.75) is 20.0 Å². The van der Waals surface area contributed by atoms with Crippen molar-refractivity contribution in [1.82, 2.24) is 9.78 Å². The SMILES string of the molecule is CCc1nn(C)c(COc2cccc(O)c2N)c1Br. The molecule has 0 aliphatic heterocycles. The van der Waals surface area contributed by atoms with Gasteiger partial charge in [-0.1, -0.05) is 13.0 Å². The molecule has 2 rings (SSSR count). The Hall–Kier alpha value is -1.69. The lowest BCUT2D eigenvalue weighted by atomic mass is 10.2. The zero-order valence-electron chi connectivity index (χ0n) is 10.9. The molecule has 0 bridgehead atoms.